The number of esters is 1. The van der Waals surface area contributed by atoms with Crippen LogP contribution in [0.25, 0.3) is 0 Å². The van der Waals surface area contributed by atoms with E-state index < -0.39 is 17.9 Å². The molecule has 0 saturated carbocycles. The first-order chi connectivity index (χ1) is 10.3. The number of rotatable bonds is 5. The Labute approximate surface area is 130 Å². The van der Waals surface area contributed by atoms with Gasteiger partial charge < -0.3 is 19.3 Å². The highest BCUT2D eigenvalue weighted by Gasteiger charge is 2.36. The van der Waals surface area contributed by atoms with E-state index in [2.05, 4.69) is 6.58 Å². The van der Waals surface area contributed by atoms with Crippen LogP contribution in [0, 0.1) is 5.92 Å². The maximum atomic E-state index is 12.3. The predicted octanol–water partition coefficient (Wildman–Crippen LogP) is 2.71. The van der Waals surface area contributed by atoms with Crippen LogP contribution in [0.3, 0.4) is 0 Å². The Morgan fingerprint density at radius 2 is 2.09 bits per heavy atom. The van der Waals surface area contributed by atoms with Gasteiger partial charge in [0, 0.05) is 26.3 Å². The van der Waals surface area contributed by atoms with Crippen LogP contribution < -0.4 is 9.47 Å². The van der Waals surface area contributed by atoms with Crippen molar-refractivity contribution in [2.45, 2.75) is 39.1 Å². The summed E-state index contributed by atoms with van der Waals surface area (Å²) in [5.74, 6) is -0.603. The molecule has 22 heavy (non-hydrogen) atoms. The molecule has 0 unspecified atom stereocenters. The number of fused-ring (bicyclic) bond motifs is 1. The van der Waals surface area contributed by atoms with Crippen LogP contribution in [0.15, 0.2) is 24.8 Å². The highest BCUT2D eigenvalue weighted by Crippen LogP contribution is 2.37. The van der Waals surface area contributed by atoms with Crippen molar-refractivity contribution < 1.29 is 24.1 Å². The molecule has 0 fully saturated rings. The summed E-state index contributed by atoms with van der Waals surface area (Å²) >= 11 is 0. The van der Waals surface area contributed by atoms with Gasteiger partial charge in [-0.25, -0.2) is 4.79 Å². The molecule has 5 heteroatoms. The molecule has 5 nitrogen and oxygen atoms in total. The Balaban J connectivity index is 2.46. The van der Waals surface area contributed by atoms with Crippen molar-refractivity contribution in [1.82, 2.24) is 0 Å². The third-order valence-corrected chi connectivity index (χ3v) is 3.70. The molecule has 0 aliphatic carbocycles. The first-order valence-electron chi connectivity index (χ1n) is 7.21. The van der Waals surface area contributed by atoms with Crippen LogP contribution in [-0.2, 0) is 11.2 Å². The monoisotopic (exact) mass is 306 g/mol. The van der Waals surface area contributed by atoms with E-state index >= 15 is 0 Å². The van der Waals surface area contributed by atoms with Gasteiger partial charge in [-0.15, -0.1) is 6.58 Å². The second-order valence-electron chi connectivity index (χ2n) is 5.92. The molecule has 0 amide bonds. The third-order valence-electron chi connectivity index (χ3n) is 3.70. The summed E-state index contributed by atoms with van der Waals surface area (Å²) in [4.78, 5) is 12.3. The molecule has 120 valence electrons. The molecule has 1 heterocycles. The fourth-order valence-electron chi connectivity index (χ4n) is 2.36. The maximum Gasteiger partial charge on any atom is 0.345 e. The molecule has 1 N–H and O–H groups in total. The first kappa shape index (κ1) is 16.4. The molecule has 0 radical (unpaired) electrons. The molecule has 1 aliphatic heterocycles. The van der Waals surface area contributed by atoms with Gasteiger partial charge in [0.05, 0.1) is 13.2 Å². The molecule has 1 aromatic carbocycles. The van der Waals surface area contributed by atoms with Gasteiger partial charge in [-0.05, 0) is 17.5 Å². The fourth-order valence-corrected chi connectivity index (χ4v) is 2.36. The van der Waals surface area contributed by atoms with Crippen molar-refractivity contribution in [3.63, 3.8) is 0 Å². The standard InChI is InChI=1S/C17H22O5/c1-6-10(2)13(18)8-11-7-12(20-5)9-14-15(11)16(19)22-17(3,4)21-14/h6-7,9-10,13,18H,1,8H2,2-5H3/t10-,13+/m0/s1. The van der Waals surface area contributed by atoms with Gasteiger partial charge in [-0.1, -0.05) is 13.0 Å². The average molecular weight is 306 g/mol. The van der Waals surface area contributed by atoms with E-state index in [0.29, 0.717) is 22.6 Å². The van der Waals surface area contributed by atoms with E-state index in [9.17, 15) is 9.90 Å². The molecule has 0 saturated heterocycles. The Morgan fingerprint density at radius 3 is 2.68 bits per heavy atom. The lowest BCUT2D eigenvalue weighted by Gasteiger charge is -2.33. The third kappa shape index (κ3) is 3.25. The molecular formula is C17H22O5. The minimum Gasteiger partial charge on any atom is -0.497 e. The van der Waals surface area contributed by atoms with Gasteiger partial charge in [0.25, 0.3) is 0 Å². The van der Waals surface area contributed by atoms with Crippen LogP contribution in [0.4, 0.5) is 0 Å². The summed E-state index contributed by atoms with van der Waals surface area (Å²) in [5.41, 5.74) is 0.978. The van der Waals surface area contributed by atoms with Crippen molar-refractivity contribution in [2.24, 2.45) is 5.92 Å². The molecule has 2 rings (SSSR count). The van der Waals surface area contributed by atoms with Crippen LogP contribution in [0.5, 0.6) is 11.5 Å². The smallest absolute Gasteiger partial charge is 0.345 e. The predicted molar refractivity (Wildman–Crippen MR) is 82.2 cm³/mol. The number of aliphatic hydroxyl groups excluding tert-OH is 1. The van der Waals surface area contributed by atoms with Crippen molar-refractivity contribution >= 4 is 5.97 Å². The molecule has 0 aromatic heterocycles. The van der Waals surface area contributed by atoms with Crippen LogP contribution in [-0.4, -0.2) is 30.1 Å². The van der Waals surface area contributed by atoms with E-state index in [4.69, 9.17) is 14.2 Å². The van der Waals surface area contributed by atoms with Crippen molar-refractivity contribution in [1.29, 1.82) is 0 Å². The first-order valence-corrected chi connectivity index (χ1v) is 7.21. The number of carbonyl (C=O) groups excluding carboxylic acids is 1. The molecule has 0 bridgehead atoms. The van der Waals surface area contributed by atoms with Gasteiger partial charge in [0.1, 0.15) is 17.1 Å². The largest absolute Gasteiger partial charge is 0.497 e. The van der Waals surface area contributed by atoms with Crippen molar-refractivity contribution in [3.8, 4) is 11.5 Å². The number of methoxy groups -OCH3 is 1. The van der Waals surface area contributed by atoms with E-state index in [1.807, 2.05) is 6.92 Å². The van der Waals surface area contributed by atoms with Crippen molar-refractivity contribution in [3.05, 3.63) is 35.9 Å². The second kappa shape index (κ2) is 6.01. The summed E-state index contributed by atoms with van der Waals surface area (Å²) < 4.78 is 16.3. The molecule has 1 aliphatic rings. The fraction of sp³-hybridized carbons (Fsp3) is 0.471. The Bertz CT molecular complexity index is 591. The van der Waals surface area contributed by atoms with E-state index in [1.165, 1.54) is 0 Å². The number of cyclic esters (lactones) is 1. The van der Waals surface area contributed by atoms with E-state index in [1.54, 1.807) is 39.2 Å². The zero-order valence-corrected chi connectivity index (χ0v) is 13.4. The number of ether oxygens (including phenoxy) is 3. The van der Waals surface area contributed by atoms with Crippen LogP contribution in [0.1, 0.15) is 36.7 Å². The maximum absolute atomic E-state index is 12.3. The van der Waals surface area contributed by atoms with Crippen LogP contribution >= 0.6 is 0 Å². The number of hydrogen-bond donors (Lipinski definition) is 1. The zero-order valence-electron chi connectivity index (χ0n) is 13.4. The lowest BCUT2D eigenvalue weighted by atomic mass is 9.93. The van der Waals surface area contributed by atoms with Crippen molar-refractivity contribution in [2.75, 3.05) is 7.11 Å². The van der Waals surface area contributed by atoms with Gasteiger partial charge in [-0.2, -0.15) is 0 Å². The second-order valence-corrected chi connectivity index (χ2v) is 5.92. The highest BCUT2D eigenvalue weighted by molar-refractivity contribution is 5.95. The average Bonchev–Trinajstić information content (AvgIpc) is 2.43. The van der Waals surface area contributed by atoms with Gasteiger partial charge in [0.2, 0.25) is 5.79 Å². The topological polar surface area (TPSA) is 65.0 Å². The molecular weight excluding hydrogens is 284 g/mol. The Hall–Kier alpha value is -2.01. The molecule has 2 atom stereocenters. The number of aliphatic hydroxyl groups is 1. The lowest BCUT2D eigenvalue weighted by molar-refractivity contribution is -0.127. The minimum atomic E-state index is -1.03. The van der Waals surface area contributed by atoms with Gasteiger partial charge in [0.15, 0.2) is 0 Å². The summed E-state index contributed by atoms with van der Waals surface area (Å²) in [7, 11) is 1.54. The Kier molecular flexibility index (Phi) is 4.47. The molecule has 0 spiro atoms. The summed E-state index contributed by atoms with van der Waals surface area (Å²) in [6, 6.07) is 3.38. The Morgan fingerprint density at radius 1 is 1.41 bits per heavy atom. The summed E-state index contributed by atoms with van der Waals surface area (Å²) in [5, 5.41) is 10.2. The normalized spacial score (nSPS) is 18.5. The zero-order chi connectivity index (χ0) is 16.5. The van der Waals surface area contributed by atoms with E-state index in [-0.39, 0.29) is 12.3 Å². The molecule has 1 aromatic rings. The quantitative estimate of drug-likeness (QED) is 0.669. The SMILES string of the molecule is C=C[C@H](C)[C@H](O)Cc1cc(OC)cc2c1C(=O)OC(C)(C)O2. The van der Waals surface area contributed by atoms with Gasteiger partial charge >= 0.3 is 5.97 Å². The number of hydrogen-bond acceptors (Lipinski definition) is 5. The summed E-state index contributed by atoms with van der Waals surface area (Å²) in [6.07, 6.45) is 1.30. The number of benzene rings is 1. The van der Waals surface area contributed by atoms with E-state index in [0.717, 1.165) is 0 Å². The van der Waals surface area contributed by atoms with Crippen LogP contribution in [0.2, 0.25) is 0 Å². The minimum absolute atomic E-state index is 0.0983. The summed E-state index contributed by atoms with van der Waals surface area (Å²) in [6.45, 7) is 8.88. The lowest BCUT2D eigenvalue weighted by Crippen LogP contribution is -2.39. The number of carbonyl (C=O) groups is 1. The highest BCUT2D eigenvalue weighted by atomic mass is 16.7. The van der Waals surface area contributed by atoms with Gasteiger partial charge in [-0.3, -0.25) is 0 Å².